The number of carbonyl (C=O) groups is 1. The highest BCUT2D eigenvalue weighted by atomic mass is 79.9. The highest BCUT2D eigenvalue weighted by molar-refractivity contribution is 9.09. The molecule has 1 saturated carbocycles. The Labute approximate surface area is 124 Å². The molecule has 0 heterocycles. The summed E-state index contributed by atoms with van der Waals surface area (Å²) in [7, 11) is 0. The summed E-state index contributed by atoms with van der Waals surface area (Å²) in [5.74, 6) is 0.0776. The molecule has 0 aromatic heterocycles. The average Bonchev–Trinajstić information content (AvgIpc) is 2.64. The molecule has 19 heavy (non-hydrogen) atoms. The minimum absolute atomic E-state index is 0.0776. The molecule has 1 fully saturated rings. The SMILES string of the molecule is CCc1ccccc1C(=O)NC1CCCCCC1Br. The number of alkyl halides is 1. The molecule has 1 aliphatic rings. The summed E-state index contributed by atoms with van der Waals surface area (Å²) in [4.78, 5) is 12.8. The Morgan fingerprint density at radius 1 is 1.26 bits per heavy atom. The number of nitrogens with one attached hydrogen (secondary N) is 1. The molecule has 1 aromatic carbocycles. The van der Waals surface area contributed by atoms with E-state index in [1.807, 2.05) is 24.3 Å². The highest BCUT2D eigenvalue weighted by Crippen LogP contribution is 2.24. The Kier molecular flexibility index (Phi) is 5.44. The third kappa shape index (κ3) is 3.82. The van der Waals surface area contributed by atoms with E-state index >= 15 is 0 Å². The van der Waals surface area contributed by atoms with E-state index in [-0.39, 0.29) is 11.9 Å². The molecule has 2 rings (SSSR count). The number of carbonyl (C=O) groups excluding carboxylic acids is 1. The van der Waals surface area contributed by atoms with Crippen molar-refractivity contribution >= 4 is 21.8 Å². The van der Waals surface area contributed by atoms with E-state index in [0.29, 0.717) is 4.83 Å². The summed E-state index contributed by atoms with van der Waals surface area (Å²) in [6.07, 6.45) is 6.87. The van der Waals surface area contributed by atoms with Crippen LogP contribution in [0, 0.1) is 0 Å². The van der Waals surface area contributed by atoms with Crippen molar-refractivity contribution in [3.63, 3.8) is 0 Å². The van der Waals surface area contributed by atoms with Gasteiger partial charge in [0.25, 0.3) is 5.91 Å². The van der Waals surface area contributed by atoms with Crippen LogP contribution in [0.5, 0.6) is 0 Å². The van der Waals surface area contributed by atoms with Crippen LogP contribution in [0.3, 0.4) is 0 Å². The largest absolute Gasteiger partial charge is 0.348 e. The Morgan fingerprint density at radius 2 is 2.00 bits per heavy atom. The molecule has 1 aliphatic carbocycles. The van der Waals surface area contributed by atoms with Crippen LogP contribution in [0.15, 0.2) is 24.3 Å². The number of benzene rings is 1. The van der Waals surface area contributed by atoms with Gasteiger partial charge < -0.3 is 5.32 Å². The maximum absolute atomic E-state index is 12.4. The van der Waals surface area contributed by atoms with Gasteiger partial charge in [0, 0.05) is 16.4 Å². The van der Waals surface area contributed by atoms with Crippen LogP contribution < -0.4 is 5.32 Å². The quantitative estimate of drug-likeness (QED) is 0.659. The number of aryl methyl sites for hydroxylation is 1. The summed E-state index contributed by atoms with van der Waals surface area (Å²) in [5, 5.41) is 3.21. The third-order valence-electron chi connectivity index (χ3n) is 3.89. The second-order valence-corrected chi connectivity index (χ2v) is 6.42. The van der Waals surface area contributed by atoms with Gasteiger partial charge in [-0.15, -0.1) is 0 Å². The van der Waals surface area contributed by atoms with Crippen molar-refractivity contribution in [2.24, 2.45) is 0 Å². The van der Waals surface area contributed by atoms with Crippen LogP contribution >= 0.6 is 15.9 Å². The van der Waals surface area contributed by atoms with Crippen molar-refractivity contribution in [1.29, 1.82) is 0 Å². The second-order valence-electron chi connectivity index (χ2n) is 5.24. The van der Waals surface area contributed by atoms with Gasteiger partial charge in [0.15, 0.2) is 0 Å². The number of hydrogen-bond donors (Lipinski definition) is 1. The zero-order chi connectivity index (χ0) is 13.7. The van der Waals surface area contributed by atoms with Gasteiger partial charge in [0.2, 0.25) is 0 Å². The van der Waals surface area contributed by atoms with Gasteiger partial charge in [-0.3, -0.25) is 4.79 Å². The fourth-order valence-electron chi connectivity index (χ4n) is 2.72. The molecule has 1 amide bonds. The van der Waals surface area contributed by atoms with Crippen LogP contribution in [0.1, 0.15) is 54.9 Å². The predicted octanol–water partition coefficient (Wildman–Crippen LogP) is 4.08. The number of halogens is 1. The van der Waals surface area contributed by atoms with E-state index in [9.17, 15) is 4.79 Å². The molecular formula is C16H22BrNO. The lowest BCUT2D eigenvalue weighted by molar-refractivity contribution is 0.0934. The molecule has 3 heteroatoms. The Bertz CT molecular complexity index is 433. The zero-order valence-electron chi connectivity index (χ0n) is 11.5. The molecule has 2 unspecified atom stereocenters. The second kappa shape index (κ2) is 7.09. The fraction of sp³-hybridized carbons (Fsp3) is 0.562. The van der Waals surface area contributed by atoms with Crippen molar-refractivity contribution in [2.75, 3.05) is 0 Å². The summed E-state index contributed by atoms with van der Waals surface area (Å²) >= 11 is 3.73. The number of rotatable bonds is 3. The lowest BCUT2D eigenvalue weighted by Gasteiger charge is -2.22. The number of amides is 1. The van der Waals surface area contributed by atoms with Gasteiger partial charge in [0.1, 0.15) is 0 Å². The Hall–Kier alpha value is -0.830. The van der Waals surface area contributed by atoms with E-state index in [0.717, 1.165) is 30.4 Å². The van der Waals surface area contributed by atoms with Crippen molar-refractivity contribution in [1.82, 2.24) is 5.32 Å². The van der Waals surface area contributed by atoms with Crippen LogP contribution in [-0.4, -0.2) is 16.8 Å². The van der Waals surface area contributed by atoms with Crippen LogP contribution in [-0.2, 0) is 6.42 Å². The molecule has 0 bridgehead atoms. The van der Waals surface area contributed by atoms with Crippen LogP contribution in [0.4, 0.5) is 0 Å². The third-order valence-corrected chi connectivity index (χ3v) is 4.99. The Morgan fingerprint density at radius 3 is 2.79 bits per heavy atom. The molecule has 0 aliphatic heterocycles. The van der Waals surface area contributed by atoms with Gasteiger partial charge >= 0.3 is 0 Å². The van der Waals surface area contributed by atoms with Gasteiger partial charge in [0.05, 0.1) is 0 Å². The van der Waals surface area contributed by atoms with Crippen molar-refractivity contribution in [3.05, 3.63) is 35.4 Å². The zero-order valence-corrected chi connectivity index (χ0v) is 13.1. The van der Waals surface area contributed by atoms with Crippen molar-refractivity contribution in [3.8, 4) is 0 Å². The first kappa shape index (κ1) is 14.6. The molecule has 0 saturated heterocycles. The Balaban J connectivity index is 2.07. The summed E-state index contributed by atoms with van der Waals surface area (Å²) in [5.41, 5.74) is 1.95. The van der Waals surface area contributed by atoms with E-state index in [1.54, 1.807) is 0 Å². The van der Waals surface area contributed by atoms with Crippen molar-refractivity contribution in [2.45, 2.75) is 56.3 Å². The van der Waals surface area contributed by atoms with Crippen LogP contribution in [0.2, 0.25) is 0 Å². The maximum atomic E-state index is 12.4. The highest BCUT2D eigenvalue weighted by Gasteiger charge is 2.23. The first-order valence-electron chi connectivity index (χ1n) is 7.25. The van der Waals surface area contributed by atoms with E-state index in [1.165, 1.54) is 19.3 Å². The topological polar surface area (TPSA) is 29.1 Å². The molecule has 0 radical (unpaired) electrons. The lowest BCUT2D eigenvalue weighted by Crippen LogP contribution is -2.40. The predicted molar refractivity (Wildman–Crippen MR) is 82.9 cm³/mol. The molecule has 1 N–H and O–H groups in total. The summed E-state index contributed by atoms with van der Waals surface area (Å²) < 4.78 is 0. The molecular weight excluding hydrogens is 302 g/mol. The molecule has 2 atom stereocenters. The molecule has 104 valence electrons. The molecule has 0 spiro atoms. The van der Waals surface area contributed by atoms with Crippen LogP contribution in [0.25, 0.3) is 0 Å². The van der Waals surface area contributed by atoms with Gasteiger partial charge in [-0.05, 0) is 30.9 Å². The van der Waals surface area contributed by atoms with Gasteiger partial charge in [-0.25, -0.2) is 0 Å². The number of hydrogen-bond acceptors (Lipinski definition) is 1. The minimum Gasteiger partial charge on any atom is -0.348 e. The fourth-order valence-corrected chi connectivity index (χ4v) is 3.44. The first-order chi connectivity index (χ1) is 9.22. The monoisotopic (exact) mass is 323 g/mol. The average molecular weight is 324 g/mol. The van der Waals surface area contributed by atoms with E-state index in [2.05, 4.69) is 28.2 Å². The van der Waals surface area contributed by atoms with Gasteiger partial charge in [-0.1, -0.05) is 60.3 Å². The smallest absolute Gasteiger partial charge is 0.251 e. The van der Waals surface area contributed by atoms with E-state index < -0.39 is 0 Å². The summed E-state index contributed by atoms with van der Waals surface area (Å²) in [6.45, 7) is 2.09. The lowest BCUT2D eigenvalue weighted by atomic mass is 10.0. The molecule has 1 aromatic rings. The van der Waals surface area contributed by atoms with Gasteiger partial charge in [-0.2, -0.15) is 0 Å². The standard InChI is InChI=1S/C16H22BrNO/c1-2-12-8-6-7-9-13(12)16(19)18-15-11-5-3-4-10-14(15)17/h6-9,14-15H,2-5,10-11H2,1H3,(H,18,19). The molecule has 2 nitrogen and oxygen atoms in total. The first-order valence-corrected chi connectivity index (χ1v) is 8.16. The normalized spacial score (nSPS) is 23.7. The van der Waals surface area contributed by atoms with E-state index in [4.69, 9.17) is 0 Å². The maximum Gasteiger partial charge on any atom is 0.251 e. The summed E-state index contributed by atoms with van der Waals surface area (Å²) in [6, 6.07) is 8.16. The van der Waals surface area contributed by atoms with Crippen molar-refractivity contribution < 1.29 is 4.79 Å². The minimum atomic E-state index is 0.0776.